The van der Waals surface area contributed by atoms with Gasteiger partial charge in [-0.2, -0.15) is 0 Å². The molecule has 2 N–H and O–H groups in total. The van der Waals surface area contributed by atoms with Crippen molar-refractivity contribution < 1.29 is 19.4 Å². The third kappa shape index (κ3) is 3.54. The summed E-state index contributed by atoms with van der Waals surface area (Å²) < 4.78 is 4.71. The maximum Gasteiger partial charge on any atom is 0.315 e. The zero-order valence-electron chi connectivity index (χ0n) is 11.2. The highest BCUT2D eigenvalue weighted by atomic mass is 16.5. The molecule has 0 heterocycles. The van der Waals surface area contributed by atoms with Crippen LogP contribution in [-0.4, -0.2) is 37.2 Å². The van der Waals surface area contributed by atoms with E-state index >= 15 is 0 Å². The molecule has 5 heteroatoms. The molecule has 1 aromatic carbocycles. The van der Waals surface area contributed by atoms with Gasteiger partial charge in [0.25, 0.3) is 0 Å². The van der Waals surface area contributed by atoms with E-state index in [1.54, 1.807) is 31.2 Å². The molecule has 0 aliphatic carbocycles. The highest BCUT2D eigenvalue weighted by Gasteiger charge is 2.38. The summed E-state index contributed by atoms with van der Waals surface area (Å²) >= 11 is 0. The van der Waals surface area contributed by atoms with Crippen molar-refractivity contribution in [3.8, 4) is 0 Å². The molecular formula is C14H19NO4. The van der Waals surface area contributed by atoms with Crippen LogP contribution in [-0.2, 0) is 19.7 Å². The van der Waals surface area contributed by atoms with E-state index in [2.05, 4.69) is 5.32 Å². The van der Waals surface area contributed by atoms with Crippen LogP contribution in [0.4, 0.5) is 0 Å². The molecule has 0 radical (unpaired) electrons. The fourth-order valence-corrected chi connectivity index (χ4v) is 1.97. The summed E-state index contributed by atoms with van der Waals surface area (Å²) in [4.78, 5) is 23.1. The summed E-state index contributed by atoms with van der Waals surface area (Å²) in [5, 5.41) is 12.1. The second-order valence-electron chi connectivity index (χ2n) is 4.32. The second-order valence-corrected chi connectivity index (χ2v) is 4.32. The van der Waals surface area contributed by atoms with E-state index < -0.39 is 11.4 Å². The van der Waals surface area contributed by atoms with Gasteiger partial charge in [0.05, 0.1) is 0 Å². The summed E-state index contributed by atoms with van der Waals surface area (Å²) in [6, 6.07) is 8.94. The molecule has 0 spiro atoms. The number of amides is 1. The molecule has 0 saturated carbocycles. The fourth-order valence-electron chi connectivity index (χ4n) is 1.97. The normalized spacial score (nSPS) is 13.6. The molecule has 0 aliphatic heterocycles. The first kappa shape index (κ1) is 15.2. The monoisotopic (exact) mass is 265 g/mol. The van der Waals surface area contributed by atoms with E-state index in [4.69, 9.17) is 4.74 Å². The Morgan fingerprint density at radius 1 is 1.32 bits per heavy atom. The number of methoxy groups -OCH3 is 1. The molecule has 1 aromatic rings. The van der Waals surface area contributed by atoms with Crippen LogP contribution in [0.5, 0.6) is 0 Å². The Hall–Kier alpha value is -1.88. The smallest absolute Gasteiger partial charge is 0.315 e. The van der Waals surface area contributed by atoms with Crippen molar-refractivity contribution in [3.05, 3.63) is 35.9 Å². The first-order valence-corrected chi connectivity index (χ1v) is 6.11. The van der Waals surface area contributed by atoms with E-state index in [1.807, 2.05) is 6.07 Å². The van der Waals surface area contributed by atoms with E-state index in [0.717, 1.165) is 0 Å². The minimum Gasteiger partial charge on any atom is -0.481 e. The number of benzene rings is 1. The lowest BCUT2D eigenvalue weighted by Crippen LogP contribution is -2.47. The van der Waals surface area contributed by atoms with Gasteiger partial charge in [-0.1, -0.05) is 37.3 Å². The number of carbonyl (C=O) groups is 2. The third-order valence-corrected chi connectivity index (χ3v) is 3.20. The number of hydrogen-bond donors (Lipinski definition) is 2. The summed E-state index contributed by atoms with van der Waals surface area (Å²) in [5.74, 6) is -1.27. The van der Waals surface area contributed by atoms with Gasteiger partial charge in [0.1, 0.15) is 12.0 Å². The molecule has 0 aliphatic rings. The van der Waals surface area contributed by atoms with Crippen LogP contribution < -0.4 is 5.32 Å². The van der Waals surface area contributed by atoms with Gasteiger partial charge in [-0.3, -0.25) is 9.59 Å². The molecule has 5 nitrogen and oxygen atoms in total. The first-order valence-electron chi connectivity index (χ1n) is 6.11. The summed E-state index contributed by atoms with van der Waals surface area (Å²) in [7, 11) is 1.42. The van der Waals surface area contributed by atoms with E-state index in [9.17, 15) is 14.7 Å². The topological polar surface area (TPSA) is 75.6 Å². The van der Waals surface area contributed by atoms with E-state index in [0.29, 0.717) is 12.0 Å². The lowest BCUT2D eigenvalue weighted by molar-refractivity contribution is -0.144. The minimum absolute atomic E-state index is 0.0467. The quantitative estimate of drug-likeness (QED) is 0.776. The Morgan fingerprint density at radius 3 is 2.42 bits per heavy atom. The van der Waals surface area contributed by atoms with Crippen molar-refractivity contribution in [3.63, 3.8) is 0 Å². The molecule has 0 fully saturated rings. The van der Waals surface area contributed by atoms with Crippen LogP contribution in [0, 0.1) is 0 Å². The van der Waals surface area contributed by atoms with Gasteiger partial charge >= 0.3 is 5.97 Å². The van der Waals surface area contributed by atoms with Crippen LogP contribution in [0.15, 0.2) is 30.3 Å². The maximum atomic E-state index is 11.6. The number of carboxylic acid groups (broad SMARTS) is 1. The van der Waals surface area contributed by atoms with Crippen LogP contribution in [0.25, 0.3) is 0 Å². The SMILES string of the molecule is CCC(CNC(=O)COC)(C(=O)O)c1ccccc1. The standard InChI is InChI=1S/C14H19NO4/c1-3-14(13(17)18,10-15-12(16)9-19-2)11-7-5-4-6-8-11/h4-8H,3,9-10H2,1-2H3,(H,15,16)(H,17,18). The number of ether oxygens (including phenoxy) is 1. The summed E-state index contributed by atoms with van der Waals surface area (Å²) in [5.41, 5.74) is -0.423. The van der Waals surface area contributed by atoms with Gasteiger partial charge in [-0.25, -0.2) is 0 Å². The highest BCUT2D eigenvalue weighted by Crippen LogP contribution is 2.27. The number of carbonyl (C=O) groups excluding carboxylic acids is 1. The fraction of sp³-hybridized carbons (Fsp3) is 0.429. The summed E-state index contributed by atoms with van der Waals surface area (Å²) in [6.07, 6.45) is 0.389. The molecule has 1 amide bonds. The van der Waals surface area contributed by atoms with Gasteiger partial charge < -0.3 is 15.2 Å². The third-order valence-electron chi connectivity index (χ3n) is 3.20. The molecule has 1 unspecified atom stereocenters. The van der Waals surface area contributed by atoms with Gasteiger partial charge in [0.2, 0.25) is 5.91 Å². The first-order chi connectivity index (χ1) is 9.06. The van der Waals surface area contributed by atoms with Crippen LogP contribution in [0.2, 0.25) is 0 Å². The average molecular weight is 265 g/mol. The average Bonchev–Trinajstić information content (AvgIpc) is 2.41. The Morgan fingerprint density at radius 2 is 1.95 bits per heavy atom. The van der Waals surface area contributed by atoms with Crippen molar-refractivity contribution in [1.82, 2.24) is 5.32 Å². The second kappa shape index (κ2) is 6.89. The molecular weight excluding hydrogens is 246 g/mol. The van der Waals surface area contributed by atoms with Crippen molar-refractivity contribution in [2.24, 2.45) is 0 Å². The van der Waals surface area contributed by atoms with Crippen molar-refractivity contribution in [1.29, 1.82) is 0 Å². The molecule has 19 heavy (non-hydrogen) atoms. The lowest BCUT2D eigenvalue weighted by atomic mass is 9.78. The van der Waals surface area contributed by atoms with Crippen LogP contribution in [0.3, 0.4) is 0 Å². The highest BCUT2D eigenvalue weighted by molar-refractivity contribution is 5.84. The molecule has 104 valence electrons. The number of hydrogen-bond acceptors (Lipinski definition) is 3. The van der Waals surface area contributed by atoms with Crippen molar-refractivity contribution in [2.45, 2.75) is 18.8 Å². The molecule has 0 aromatic heterocycles. The Labute approximate surface area is 112 Å². The number of rotatable bonds is 7. The Balaban J connectivity index is 2.94. The predicted octanol–water partition coefficient (Wildman–Crippen LogP) is 1.18. The zero-order chi connectivity index (χ0) is 14.3. The molecule has 1 atom stereocenters. The van der Waals surface area contributed by atoms with Gasteiger partial charge in [-0.15, -0.1) is 0 Å². The molecule has 0 saturated heterocycles. The van der Waals surface area contributed by atoms with E-state index in [-0.39, 0.29) is 19.1 Å². The van der Waals surface area contributed by atoms with Gasteiger partial charge in [-0.05, 0) is 12.0 Å². The predicted molar refractivity (Wildman–Crippen MR) is 70.9 cm³/mol. The number of aliphatic carboxylic acids is 1. The van der Waals surface area contributed by atoms with Crippen LogP contribution in [0.1, 0.15) is 18.9 Å². The number of nitrogens with one attached hydrogen (secondary N) is 1. The minimum atomic E-state index is -1.11. The van der Waals surface area contributed by atoms with Crippen LogP contribution >= 0.6 is 0 Å². The van der Waals surface area contributed by atoms with Crippen molar-refractivity contribution >= 4 is 11.9 Å². The summed E-state index contributed by atoms with van der Waals surface area (Å²) in [6.45, 7) is 1.77. The van der Waals surface area contributed by atoms with Gasteiger partial charge in [0.15, 0.2) is 0 Å². The number of carboxylic acids is 1. The Bertz CT molecular complexity index is 432. The maximum absolute atomic E-state index is 11.6. The largest absolute Gasteiger partial charge is 0.481 e. The molecule has 0 bridgehead atoms. The lowest BCUT2D eigenvalue weighted by Gasteiger charge is -2.29. The Kier molecular flexibility index (Phi) is 5.51. The van der Waals surface area contributed by atoms with Gasteiger partial charge in [0, 0.05) is 13.7 Å². The molecule has 1 rings (SSSR count). The van der Waals surface area contributed by atoms with Crippen molar-refractivity contribution in [2.75, 3.05) is 20.3 Å². The van der Waals surface area contributed by atoms with E-state index in [1.165, 1.54) is 7.11 Å². The zero-order valence-corrected chi connectivity index (χ0v) is 11.2.